The molecule has 1 atom stereocenters. The maximum Gasteiger partial charge on any atom is 0.251 e. The van der Waals surface area contributed by atoms with E-state index in [1.165, 1.54) is 0 Å². The van der Waals surface area contributed by atoms with Crippen LogP contribution in [0, 0.1) is 4.77 Å². The van der Waals surface area contributed by atoms with Crippen LogP contribution in [0.3, 0.4) is 0 Å². The Morgan fingerprint density at radius 2 is 2.25 bits per heavy atom. The predicted molar refractivity (Wildman–Crippen MR) is 51.0 cm³/mol. The van der Waals surface area contributed by atoms with Crippen LogP contribution in [0.15, 0.2) is 10.9 Å². The molecular weight excluding hydrogens is 172 g/mol. The maximum atomic E-state index is 11.0. The molecule has 66 valence electrons. The molecule has 1 aromatic heterocycles. The van der Waals surface area contributed by atoms with Gasteiger partial charge in [-0.2, -0.15) is 0 Å². The molecule has 12 heavy (non-hydrogen) atoms. The van der Waals surface area contributed by atoms with Gasteiger partial charge in [-0.15, -0.1) is 0 Å². The molecule has 0 aliphatic rings. The Morgan fingerprint density at radius 3 is 2.75 bits per heavy atom. The number of hydrogen-bond acceptors (Lipinski definition) is 2. The zero-order valence-electron chi connectivity index (χ0n) is 7.18. The second kappa shape index (κ2) is 3.67. The van der Waals surface area contributed by atoms with Crippen molar-refractivity contribution in [3.8, 4) is 0 Å². The standard InChI is InChI=1S/C8H12N2OS/c1-3-5(2)6-4-7(11)10-8(12)9-6/h4-5H,3H2,1-2H3,(H2,9,10,11,12). The topological polar surface area (TPSA) is 48.6 Å². The van der Waals surface area contributed by atoms with E-state index in [-0.39, 0.29) is 5.56 Å². The van der Waals surface area contributed by atoms with E-state index in [9.17, 15) is 4.79 Å². The fraction of sp³-hybridized carbons (Fsp3) is 0.500. The Morgan fingerprint density at radius 1 is 1.58 bits per heavy atom. The molecule has 0 saturated heterocycles. The lowest BCUT2D eigenvalue weighted by Crippen LogP contribution is -2.09. The first-order valence-corrected chi connectivity index (χ1v) is 4.38. The highest BCUT2D eigenvalue weighted by molar-refractivity contribution is 7.71. The molecule has 0 aromatic carbocycles. The van der Waals surface area contributed by atoms with Crippen LogP contribution in [-0.4, -0.2) is 9.97 Å². The van der Waals surface area contributed by atoms with Gasteiger partial charge in [0.25, 0.3) is 5.56 Å². The third kappa shape index (κ3) is 2.04. The highest BCUT2D eigenvalue weighted by Crippen LogP contribution is 2.13. The third-order valence-corrected chi connectivity index (χ3v) is 2.13. The first-order valence-electron chi connectivity index (χ1n) is 3.97. The monoisotopic (exact) mass is 184 g/mol. The van der Waals surface area contributed by atoms with Crippen LogP contribution in [0.25, 0.3) is 0 Å². The fourth-order valence-electron chi connectivity index (χ4n) is 0.973. The van der Waals surface area contributed by atoms with Crippen molar-refractivity contribution in [2.75, 3.05) is 0 Å². The summed E-state index contributed by atoms with van der Waals surface area (Å²) in [6.45, 7) is 4.13. The lowest BCUT2D eigenvalue weighted by Gasteiger charge is -2.06. The van der Waals surface area contributed by atoms with Crippen molar-refractivity contribution >= 4 is 12.2 Å². The summed E-state index contributed by atoms with van der Waals surface area (Å²) in [5.74, 6) is 0.356. The molecule has 1 heterocycles. The molecular formula is C8H12N2OS. The van der Waals surface area contributed by atoms with Gasteiger partial charge in [-0.25, -0.2) is 0 Å². The van der Waals surface area contributed by atoms with Gasteiger partial charge in [0.05, 0.1) is 0 Å². The summed E-state index contributed by atoms with van der Waals surface area (Å²) in [5, 5.41) is 0. The van der Waals surface area contributed by atoms with E-state index in [0.717, 1.165) is 12.1 Å². The van der Waals surface area contributed by atoms with Gasteiger partial charge in [0, 0.05) is 11.8 Å². The van der Waals surface area contributed by atoms with Crippen LogP contribution in [0.2, 0.25) is 0 Å². The molecule has 1 unspecified atom stereocenters. The molecule has 4 heteroatoms. The van der Waals surface area contributed by atoms with Gasteiger partial charge in [-0.1, -0.05) is 13.8 Å². The van der Waals surface area contributed by atoms with E-state index in [2.05, 4.69) is 23.8 Å². The summed E-state index contributed by atoms with van der Waals surface area (Å²) in [7, 11) is 0. The van der Waals surface area contributed by atoms with E-state index in [1.54, 1.807) is 6.07 Å². The zero-order chi connectivity index (χ0) is 9.14. The predicted octanol–water partition coefficient (Wildman–Crippen LogP) is 1.95. The normalized spacial score (nSPS) is 12.8. The molecule has 1 aromatic rings. The second-order valence-corrected chi connectivity index (χ2v) is 3.26. The summed E-state index contributed by atoms with van der Waals surface area (Å²) in [5.41, 5.74) is 0.778. The largest absolute Gasteiger partial charge is 0.336 e. The number of aromatic nitrogens is 2. The minimum Gasteiger partial charge on any atom is -0.336 e. The van der Waals surface area contributed by atoms with Gasteiger partial charge in [-0.3, -0.25) is 9.78 Å². The van der Waals surface area contributed by atoms with Crippen LogP contribution in [-0.2, 0) is 0 Å². The van der Waals surface area contributed by atoms with Crippen LogP contribution in [0.5, 0.6) is 0 Å². The smallest absolute Gasteiger partial charge is 0.251 e. The lowest BCUT2D eigenvalue weighted by atomic mass is 10.1. The molecule has 2 N–H and O–H groups in total. The van der Waals surface area contributed by atoms with Crippen LogP contribution in [0.1, 0.15) is 31.9 Å². The Hall–Kier alpha value is -0.900. The number of nitrogens with one attached hydrogen (secondary N) is 2. The van der Waals surface area contributed by atoms with Gasteiger partial charge < -0.3 is 4.98 Å². The quantitative estimate of drug-likeness (QED) is 0.690. The summed E-state index contributed by atoms with van der Waals surface area (Å²) in [6, 6.07) is 1.56. The van der Waals surface area contributed by atoms with Gasteiger partial charge >= 0.3 is 0 Å². The third-order valence-electron chi connectivity index (χ3n) is 1.92. The average Bonchev–Trinajstić information content (AvgIpc) is 2.01. The Balaban J connectivity index is 3.17. The molecule has 0 spiro atoms. The van der Waals surface area contributed by atoms with E-state index in [1.807, 2.05) is 0 Å². The number of H-pyrrole nitrogens is 2. The Bertz CT molecular complexity index is 338. The Labute approximate surface area is 75.9 Å². The number of aromatic amines is 2. The minimum absolute atomic E-state index is 0.131. The van der Waals surface area contributed by atoms with Crippen LogP contribution in [0.4, 0.5) is 0 Å². The molecule has 0 fully saturated rings. The number of hydrogen-bond donors (Lipinski definition) is 2. The molecule has 1 rings (SSSR count). The molecule has 3 nitrogen and oxygen atoms in total. The summed E-state index contributed by atoms with van der Waals surface area (Å²) in [4.78, 5) is 16.4. The van der Waals surface area contributed by atoms with Crippen molar-refractivity contribution in [3.63, 3.8) is 0 Å². The summed E-state index contributed by atoms with van der Waals surface area (Å²) < 4.78 is 0.401. The SMILES string of the molecule is CCC(C)c1cc(=O)[nH]c(=S)[nH]1. The van der Waals surface area contributed by atoms with Crippen LogP contribution >= 0.6 is 12.2 Å². The molecule has 0 aliphatic carbocycles. The van der Waals surface area contributed by atoms with Crippen molar-refractivity contribution in [2.24, 2.45) is 0 Å². The number of rotatable bonds is 2. The second-order valence-electron chi connectivity index (χ2n) is 2.85. The average molecular weight is 184 g/mol. The van der Waals surface area contributed by atoms with E-state index in [4.69, 9.17) is 12.2 Å². The van der Waals surface area contributed by atoms with Crippen molar-refractivity contribution in [2.45, 2.75) is 26.2 Å². The molecule has 0 amide bonds. The highest BCUT2D eigenvalue weighted by atomic mass is 32.1. The fourth-order valence-corrected chi connectivity index (χ4v) is 1.19. The van der Waals surface area contributed by atoms with Gasteiger partial charge in [0.2, 0.25) is 0 Å². The molecule has 0 aliphatic heterocycles. The van der Waals surface area contributed by atoms with Crippen molar-refractivity contribution in [1.82, 2.24) is 9.97 Å². The zero-order valence-corrected chi connectivity index (χ0v) is 7.99. The van der Waals surface area contributed by atoms with Crippen LogP contribution < -0.4 is 5.56 Å². The summed E-state index contributed by atoms with van der Waals surface area (Å²) >= 11 is 4.84. The van der Waals surface area contributed by atoms with E-state index in [0.29, 0.717) is 10.7 Å². The van der Waals surface area contributed by atoms with Gasteiger partial charge in [-0.05, 0) is 24.6 Å². The molecule has 0 saturated carbocycles. The van der Waals surface area contributed by atoms with Gasteiger partial charge in [0.15, 0.2) is 4.77 Å². The van der Waals surface area contributed by atoms with E-state index >= 15 is 0 Å². The van der Waals surface area contributed by atoms with Crippen molar-refractivity contribution in [1.29, 1.82) is 0 Å². The van der Waals surface area contributed by atoms with Crippen molar-refractivity contribution < 1.29 is 0 Å². The highest BCUT2D eigenvalue weighted by Gasteiger charge is 2.03. The molecule has 0 radical (unpaired) electrons. The van der Waals surface area contributed by atoms with Gasteiger partial charge in [0.1, 0.15) is 0 Å². The first kappa shape index (κ1) is 9.19. The van der Waals surface area contributed by atoms with E-state index < -0.39 is 0 Å². The summed E-state index contributed by atoms with van der Waals surface area (Å²) in [6.07, 6.45) is 0.995. The molecule has 0 bridgehead atoms. The van der Waals surface area contributed by atoms with Crippen molar-refractivity contribution in [3.05, 3.63) is 26.9 Å². The maximum absolute atomic E-state index is 11.0. The minimum atomic E-state index is -0.131. The first-order chi connectivity index (χ1) is 5.63. The Kier molecular flexibility index (Phi) is 2.81. The lowest BCUT2D eigenvalue weighted by molar-refractivity contribution is 0.700.